The number of fused-ring (bicyclic) bond motifs is 1. The van der Waals surface area contributed by atoms with Crippen LogP contribution >= 0.6 is 0 Å². The van der Waals surface area contributed by atoms with Crippen molar-refractivity contribution in [1.29, 1.82) is 0 Å². The molecule has 0 fully saturated rings. The van der Waals surface area contributed by atoms with Gasteiger partial charge in [-0.05, 0) is 0 Å². The third kappa shape index (κ3) is 5.26. The molecule has 0 saturated heterocycles. The average molecular weight is 537 g/mol. The molecule has 1 unspecified atom stereocenters. The van der Waals surface area contributed by atoms with Gasteiger partial charge in [0.25, 0.3) is 0 Å². The second-order valence-corrected chi connectivity index (χ2v) is 10.0. The predicted molar refractivity (Wildman–Crippen MR) is 140 cm³/mol. The molecule has 1 aliphatic heterocycles. The standard InChI is InChI=1S/C31H22O4Se/c32-30(22-10-4-1-5-11-22)29(31(33)23-12-6-2-7-13-23)26(18-19-36-25-14-8-3-9-15-25)24-16-17-27-28(20-24)35-21-34-27/h1-17,20,26,29H,21H2. The first kappa shape index (κ1) is 23.6. The van der Waals surface area contributed by atoms with Crippen molar-refractivity contribution in [3.05, 3.63) is 126 Å². The van der Waals surface area contributed by atoms with Gasteiger partial charge in [-0.1, -0.05) is 0 Å². The molecule has 0 spiro atoms. The summed E-state index contributed by atoms with van der Waals surface area (Å²) in [5.74, 6) is 2.35. The molecule has 4 aromatic rings. The number of benzene rings is 4. The van der Waals surface area contributed by atoms with Gasteiger partial charge in [-0.2, -0.15) is 0 Å². The first-order valence-electron chi connectivity index (χ1n) is 11.5. The third-order valence-electron chi connectivity index (χ3n) is 5.90. The third-order valence-corrected chi connectivity index (χ3v) is 7.42. The van der Waals surface area contributed by atoms with E-state index in [-0.39, 0.29) is 33.3 Å². The number of ether oxygens (including phenoxy) is 2. The van der Waals surface area contributed by atoms with E-state index in [1.807, 2.05) is 60.7 Å². The van der Waals surface area contributed by atoms with Gasteiger partial charge in [0.1, 0.15) is 0 Å². The van der Waals surface area contributed by atoms with E-state index in [1.54, 1.807) is 48.5 Å². The van der Waals surface area contributed by atoms with Crippen LogP contribution in [-0.2, 0) is 0 Å². The van der Waals surface area contributed by atoms with E-state index in [1.165, 1.54) is 0 Å². The number of hydrogen-bond acceptors (Lipinski definition) is 4. The summed E-state index contributed by atoms with van der Waals surface area (Å²) < 4.78 is 12.2. The van der Waals surface area contributed by atoms with Crippen LogP contribution in [0.25, 0.3) is 0 Å². The fourth-order valence-electron chi connectivity index (χ4n) is 4.09. The molecule has 1 heterocycles. The molecule has 4 aromatic carbocycles. The van der Waals surface area contributed by atoms with E-state index in [4.69, 9.17) is 9.47 Å². The minimum atomic E-state index is -1.02. The fraction of sp³-hybridized carbons (Fsp3) is 0.0968. The van der Waals surface area contributed by atoms with Gasteiger partial charge in [0.2, 0.25) is 0 Å². The van der Waals surface area contributed by atoms with E-state index in [0.717, 1.165) is 10.0 Å². The average Bonchev–Trinajstić information content (AvgIpc) is 3.42. The van der Waals surface area contributed by atoms with Crippen LogP contribution in [0, 0.1) is 16.7 Å². The van der Waals surface area contributed by atoms with Crippen LogP contribution in [0.5, 0.6) is 11.5 Å². The molecule has 4 nitrogen and oxygen atoms in total. The molecule has 0 N–H and O–H groups in total. The first-order chi connectivity index (χ1) is 17.7. The second-order valence-electron chi connectivity index (χ2n) is 8.19. The van der Waals surface area contributed by atoms with Crippen LogP contribution in [-0.4, -0.2) is 33.3 Å². The zero-order valence-electron chi connectivity index (χ0n) is 19.3. The molecule has 0 aliphatic carbocycles. The Balaban J connectivity index is 1.61. The molecular formula is C31H22O4Se. The summed E-state index contributed by atoms with van der Waals surface area (Å²) in [5.41, 5.74) is 1.70. The van der Waals surface area contributed by atoms with Gasteiger partial charge in [0, 0.05) is 0 Å². The summed E-state index contributed by atoms with van der Waals surface area (Å²) in [4.78, 5) is 31.1. The SMILES string of the molecule is O=C(c1ccccc1)C(C(=O)c1ccccc1)C(C#C[Se]c1ccccc1)c1ccc2c(c1)OCO2. The number of carbonyl (C=O) groups is 2. The molecule has 1 atom stereocenters. The summed E-state index contributed by atoms with van der Waals surface area (Å²) in [6.07, 6.45) is 0. The Morgan fingerprint density at radius 2 is 1.25 bits per heavy atom. The van der Waals surface area contributed by atoms with Crippen LogP contribution in [0.15, 0.2) is 109 Å². The van der Waals surface area contributed by atoms with Crippen LogP contribution in [0.1, 0.15) is 32.2 Å². The van der Waals surface area contributed by atoms with Crippen LogP contribution in [0.2, 0.25) is 0 Å². The Kier molecular flexibility index (Phi) is 7.28. The molecule has 0 aromatic heterocycles. The van der Waals surface area contributed by atoms with E-state index >= 15 is 0 Å². The molecule has 176 valence electrons. The Morgan fingerprint density at radius 3 is 1.86 bits per heavy atom. The monoisotopic (exact) mass is 538 g/mol. The van der Waals surface area contributed by atoms with Crippen molar-refractivity contribution in [1.82, 2.24) is 0 Å². The number of ketones is 2. The van der Waals surface area contributed by atoms with Crippen molar-refractivity contribution in [2.75, 3.05) is 6.79 Å². The van der Waals surface area contributed by atoms with E-state index in [9.17, 15) is 9.59 Å². The topological polar surface area (TPSA) is 52.6 Å². The second kappa shape index (κ2) is 11.1. The molecule has 5 rings (SSSR count). The predicted octanol–water partition coefficient (Wildman–Crippen LogP) is 4.87. The summed E-state index contributed by atoms with van der Waals surface area (Å²) >= 11 is -0.133. The van der Waals surface area contributed by atoms with Gasteiger partial charge >= 0.3 is 217 Å². The van der Waals surface area contributed by atoms with Crippen molar-refractivity contribution in [2.45, 2.75) is 5.92 Å². The van der Waals surface area contributed by atoms with Gasteiger partial charge in [-0.3, -0.25) is 0 Å². The Morgan fingerprint density at radius 1 is 0.694 bits per heavy atom. The van der Waals surface area contributed by atoms with Gasteiger partial charge in [-0.15, -0.1) is 0 Å². The zero-order chi connectivity index (χ0) is 24.7. The molecule has 5 heteroatoms. The van der Waals surface area contributed by atoms with Crippen molar-refractivity contribution >= 4 is 31.0 Å². The van der Waals surface area contributed by atoms with Crippen molar-refractivity contribution in [3.63, 3.8) is 0 Å². The molecule has 0 amide bonds. The molecule has 1 aliphatic rings. The maximum atomic E-state index is 13.9. The van der Waals surface area contributed by atoms with Crippen molar-refractivity contribution < 1.29 is 19.1 Å². The zero-order valence-corrected chi connectivity index (χ0v) is 21.0. The van der Waals surface area contributed by atoms with Gasteiger partial charge < -0.3 is 0 Å². The summed E-state index contributed by atoms with van der Waals surface area (Å²) in [5, 5.41) is 0. The Labute approximate surface area is 216 Å². The maximum absolute atomic E-state index is 13.9. The summed E-state index contributed by atoms with van der Waals surface area (Å²) in [6.45, 7) is 0.140. The van der Waals surface area contributed by atoms with Gasteiger partial charge in [0.15, 0.2) is 0 Å². The normalized spacial score (nSPS) is 12.5. The number of hydrogen-bond donors (Lipinski definition) is 0. The molecular weight excluding hydrogens is 515 g/mol. The van der Waals surface area contributed by atoms with E-state index in [0.29, 0.717) is 22.6 Å². The van der Waals surface area contributed by atoms with Gasteiger partial charge in [-0.25, -0.2) is 0 Å². The summed E-state index contributed by atoms with van der Waals surface area (Å²) in [6, 6.07) is 33.4. The van der Waals surface area contributed by atoms with E-state index < -0.39 is 11.8 Å². The van der Waals surface area contributed by atoms with Crippen molar-refractivity contribution in [2.24, 2.45) is 5.92 Å². The van der Waals surface area contributed by atoms with Crippen LogP contribution in [0.4, 0.5) is 0 Å². The van der Waals surface area contributed by atoms with Crippen LogP contribution < -0.4 is 13.9 Å². The Hall–Kier alpha value is -4.10. The molecule has 0 radical (unpaired) electrons. The fourth-order valence-corrected chi connectivity index (χ4v) is 5.34. The Bertz CT molecular complexity index is 1370. The summed E-state index contributed by atoms with van der Waals surface area (Å²) in [7, 11) is 0. The molecule has 0 bridgehead atoms. The molecule has 0 saturated carbocycles. The van der Waals surface area contributed by atoms with E-state index in [2.05, 4.69) is 10.7 Å². The van der Waals surface area contributed by atoms with Crippen LogP contribution in [0.3, 0.4) is 0 Å². The molecule has 36 heavy (non-hydrogen) atoms. The number of carbonyl (C=O) groups excluding carboxylic acids is 2. The number of Topliss-reactive ketones (excluding diaryl/α,β-unsaturated/α-hetero) is 2. The first-order valence-corrected chi connectivity index (χ1v) is 13.2. The van der Waals surface area contributed by atoms with Crippen molar-refractivity contribution in [3.8, 4) is 22.2 Å². The quantitative estimate of drug-likeness (QED) is 0.146. The number of rotatable bonds is 7. The van der Waals surface area contributed by atoms with Gasteiger partial charge in [0.05, 0.1) is 0 Å². The minimum absolute atomic E-state index is 0.133.